The second kappa shape index (κ2) is 8.55. The third-order valence-corrected chi connectivity index (χ3v) is 7.70. The summed E-state index contributed by atoms with van der Waals surface area (Å²) in [6, 6.07) is 7.27. The molecule has 164 valence electrons. The molecule has 4 heteroatoms. The molecule has 0 atom stereocenters. The quantitative estimate of drug-likeness (QED) is 0.705. The molecule has 1 spiro atoms. The van der Waals surface area contributed by atoms with E-state index in [1.807, 2.05) is 0 Å². The van der Waals surface area contributed by atoms with Gasteiger partial charge in [-0.1, -0.05) is 19.9 Å². The van der Waals surface area contributed by atoms with Crippen LogP contribution in [0.5, 0.6) is 0 Å². The van der Waals surface area contributed by atoms with Gasteiger partial charge in [-0.15, -0.1) is 0 Å². The van der Waals surface area contributed by atoms with Gasteiger partial charge in [0.05, 0.1) is 13.2 Å². The lowest BCUT2D eigenvalue weighted by atomic mass is 9.83. The molecule has 0 amide bonds. The van der Waals surface area contributed by atoms with Crippen LogP contribution in [-0.4, -0.2) is 63.9 Å². The fraction of sp³-hybridized carbons (Fsp3) is 0.692. The van der Waals surface area contributed by atoms with Gasteiger partial charge in [-0.2, -0.15) is 0 Å². The number of benzene rings is 1. The van der Waals surface area contributed by atoms with Gasteiger partial charge in [0, 0.05) is 62.8 Å². The number of morpholine rings is 1. The number of allylic oxidation sites excluding steroid dienone is 2. The van der Waals surface area contributed by atoms with Crippen LogP contribution in [0.1, 0.15) is 51.5 Å². The van der Waals surface area contributed by atoms with Crippen LogP contribution in [0.4, 0.5) is 11.4 Å². The third kappa shape index (κ3) is 4.40. The molecule has 5 rings (SSSR count). The summed E-state index contributed by atoms with van der Waals surface area (Å²) < 4.78 is 5.59. The number of anilines is 2. The molecule has 0 aromatic heterocycles. The summed E-state index contributed by atoms with van der Waals surface area (Å²) in [6.07, 6.45) is 9.44. The van der Waals surface area contributed by atoms with Gasteiger partial charge in [0.1, 0.15) is 0 Å². The van der Waals surface area contributed by atoms with Crippen LogP contribution >= 0.6 is 0 Å². The van der Waals surface area contributed by atoms with Crippen molar-refractivity contribution < 1.29 is 4.74 Å². The van der Waals surface area contributed by atoms with Crippen molar-refractivity contribution in [2.45, 2.75) is 46.0 Å². The number of rotatable bonds is 5. The van der Waals surface area contributed by atoms with Crippen molar-refractivity contribution in [3.05, 3.63) is 29.8 Å². The first-order chi connectivity index (χ1) is 14.6. The van der Waals surface area contributed by atoms with Gasteiger partial charge in [0.25, 0.3) is 0 Å². The Kier molecular flexibility index (Phi) is 5.81. The fourth-order valence-corrected chi connectivity index (χ4v) is 5.58. The molecular weight excluding hydrogens is 370 g/mol. The number of hydrogen-bond donors (Lipinski definition) is 0. The summed E-state index contributed by atoms with van der Waals surface area (Å²) in [6.45, 7) is 14.3. The van der Waals surface area contributed by atoms with Crippen molar-refractivity contribution in [3.8, 4) is 0 Å². The lowest BCUT2D eigenvalue weighted by Gasteiger charge is -2.38. The maximum atomic E-state index is 5.59. The van der Waals surface area contributed by atoms with Gasteiger partial charge >= 0.3 is 0 Å². The van der Waals surface area contributed by atoms with Gasteiger partial charge in [-0.05, 0) is 67.2 Å². The van der Waals surface area contributed by atoms with Crippen molar-refractivity contribution >= 4 is 16.9 Å². The van der Waals surface area contributed by atoms with E-state index >= 15 is 0 Å². The Morgan fingerprint density at radius 2 is 1.70 bits per heavy atom. The van der Waals surface area contributed by atoms with Crippen LogP contribution in [0.3, 0.4) is 0 Å². The molecule has 0 N–H and O–H groups in total. The predicted octanol–water partition coefficient (Wildman–Crippen LogP) is 4.65. The van der Waals surface area contributed by atoms with E-state index in [9.17, 15) is 0 Å². The first-order valence-corrected chi connectivity index (χ1v) is 12.3. The highest BCUT2D eigenvalue weighted by atomic mass is 16.5. The molecule has 1 aromatic carbocycles. The van der Waals surface area contributed by atoms with E-state index < -0.39 is 0 Å². The van der Waals surface area contributed by atoms with E-state index in [1.165, 1.54) is 68.7 Å². The summed E-state index contributed by atoms with van der Waals surface area (Å²) in [5.41, 5.74) is 6.64. The van der Waals surface area contributed by atoms with Gasteiger partial charge in [0.2, 0.25) is 0 Å². The van der Waals surface area contributed by atoms with E-state index in [1.54, 1.807) is 5.57 Å². The van der Waals surface area contributed by atoms with Crippen molar-refractivity contribution in [3.63, 3.8) is 0 Å². The SMILES string of the molecule is CC(C)CN1CCN(c2ccc(N3CCOCC3)cc2C2=CCC3(CC2)CC3)CC1. The van der Waals surface area contributed by atoms with E-state index in [0.717, 1.165) is 45.3 Å². The lowest BCUT2D eigenvalue weighted by Crippen LogP contribution is -2.47. The minimum Gasteiger partial charge on any atom is -0.378 e. The standard InChI is InChI=1S/C26H39N3O/c1-21(2)20-27-11-13-29(14-12-27)25-4-3-23(28-15-17-30-18-16-28)19-24(25)22-5-7-26(8-6-22)9-10-26/h3-5,19,21H,6-18,20H2,1-2H3. The first-order valence-electron chi connectivity index (χ1n) is 12.3. The molecule has 1 aromatic rings. The lowest BCUT2D eigenvalue weighted by molar-refractivity contribution is 0.122. The van der Waals surface area contributed by atoms with E-state index in [4.69, 9.17) is 4.74 Å². The Morgan fingerprint density at radius 3 is 2.33 bits per heavy atom. The van der Waals surface area contributed by atoms with Crippen molar-refractivity contribution in [1.82, 2.24) is 4.90 Å². The van der Waals surface area contributed by atoms with E-state index in [0.29, 0.717) is 5.41 Å². The molecule has 0 bridgehead atoms. The fourth-order valence-electron chi connectivity index (χ4n) is 5.58. The largest absolute Gasteiger partial charge is 0.378 e. The Hall–Kier alpha value is -1.52. The topological polar surface area (TPSA) is 19.0 Å². The molecule has 30 heavy (non-hydrogen) atoms. The minimum atomic E-state index is 0.688. The van der Waals surface area contributed by atoms with Crippen LogP contribution in [0.15, 0.2) is 24.3 Å². The maximum Gasteiger partial charge on any atom is 0.0642 e. The molecule has 2 aliphatic heterocycles. The van der Waals surface area contributed by atoms with Gasteiger partial charge in [-0.25, -0.2) is 0 Å². The van der Waals surface area contributed by atoms with Crippen LogP contribution in [-0.2, 0) is 4.74 Å². The average Bonchev–Trinajstić information content (AvgIpc) is 3.53. The minimum absolute atomic E-state index is 0.688. The number of ether oxygens (including phenoxy) is 1. The van der Waals surface area contributed by atoms with Crippen molar-refractivity contribution in [2.75, 3.05) is 68.8 Å². The number of nitrogens with zero attached hydrogens (tertiary/aromatic N) is 3. The average molecular weight is 410 g/mol. The third-order valence-electron chi connectivity index (χ3n) is 7.70. The molecule has 2 heterocycles. The number of piperazine rings is 1. The zero-order valence-electron chi connectivity index (χ0n) is 19.0. The highest BCUT2D eigenvalue weighted by Crippen LogP contribution is 2.57. The normalized spacial score (nSPS) is 24.4. The first kappa shape index (κ1) is 20.4. The Balaban J connectivity index is 1.39. The Morgan fingerprint density at radius 1 is 0.933 bits per heavy atom. The summed E-state index contributed by atoms with van der Waals surface area (Å²) in [7, 11) is 0. The van der Waals surface area contributed by atoms with E-state index in [2.05, 4.69) is 52.8 Å². The monoisotopic (exact) mass is 409 g/mol. The molecule has 2 saturated heterocycles. The molecule has 2 aliphatic carbocycles. The molecule has 0 unspecified atom stereocenters. The zero-order valence-corrected chi connectivity index (χ0v) is 19.0. The second-order valence-corrected chi connectivity index (χ2v) is 10.4. The molecule has 4 nitrogen and oxygen atoms in total. The smallest absolute Gasteiger partial charge is 0.0642 e. The second-order valence-electron chi connectivity index (χ2n) is 10.4. The molecule has 0 radical (unpaired) electrons. The summed E-state index contributed by atoms with van der Waals surface area (Å²) in [5, 5.41) is 0. The van der Waals surface area contributed by atoms with Gasteiger partial charge < -0.3 is 14.5 Å². The van der Waals surface area contributed by atoms with Crippen molar-refractivity contribution in [1.29, 1.82) is 0 Å². The maximum absolute atomic E-state index is 5.59. The highest BCUT2D eigenvalue weighted by Gasteiger charge is 2.43. The van der Waals surface area contributed by atoms with Crippen LogP contribution in [0, 0.1) is 11.3 Å². The molecule has 4 aliphatic rings. The molecular formula is C26H39N3O. The van der Waals surface area contributed by atoms with Crippen LogP contribution < -0.4 is 9.80 Å². The predicted molar refractivity (Wildman–Crippen MR) is 126 cm³/mol. The zero-order chi connectivity index (χ0) is 20.6. The van der Waals surface area contributed by atoms with Crippen molar-refractivity contribution in [2.24, 2.45) is 11.3 Å². The number of hydrogen-bond acceptors (Lipinski definition) is 4. The molecule has 3 fully saturated rings. The Labute approximate surface area is 182 Å². The van der Waals surface area contributed by atoms with Gasteiger partial charge in [0.15, 0.2) is 0 Å². The Bertz CT molecular complexity index is 768. The molecule has 1 saturated carbocycles. The highest BCUT2D eigenvalue weighted by molar-refractivity contribution is 5.80. The van der Waals surface area contributed by atoms with Gasteiger partial charge in [-0.3, -0.25) is 4.90 Å². The van der Waals surface area contributed by atoms with Crippen LogP contribution in [0.25, 0.3) is 5.57 Å². The summed E-state index contributed by atoms with van der Waals surface area (Å²) >= 11 is 0. The summed E-state index contributed by atoms with van der Waals surface area (Å²) in [5.74, 6) is 0.752. The summed E-state index contributed by atoms with van der Waals surface area (Å²) in [4.78, 5) is 7.79. The van der Waals surface area contributed by atoms with Crippen LogP contribution in [0.2, 0.25) is 0 Å². The van der Waals surface area contributed by atoms with E-state index in [-0.39, 0.29) is 0 Å².